The van der Waals surface area contributed by atoms with Crippen LogP contribution in [0.15, 0.2) is 18.2 Å². The molecule has 0 fully saturated rings. The maximum Gasteiger partial charge on any atom is 0.323 e. The molecule has 116 valence electrons. The van der Waals surface area contributed by atoms with Crippen molar-refractivity contribution in [3.05, 3.63) is 35.0 Å². The van der Waals surface area contributed by atoms with Gasteiger partial charge in [-0.1, -0.05) is 38.6 Å². The van der Waals surface area contributed by atoms with Crippen molar-refractivity contribution in [1.29, 1.82) is 0 Å². The average molecular weight is 317 g/mol. The van der Waals surface area contributed by atoms with Crippen LogP contribution in [0, 0.1) is 0 Å². The van der Waals surface area contributed by atoms with E-state index in [-0.39, 0.29) is 17.1 Å². The summed E-state index contributed by atoms with van der Waals surface area (Å²) in [6.45, 7) is 6.27. The zero-order valence-corrected chi connectivity index (χ0v) is 13.8. The number of carbonyl (C=O) groups is 2. The standard InChI is InChI=1S/C17H19NO3S/c1-17(2,3)10-4-5-13-12(8-10)11-6-7-22-16(21)15(11)18(13)9-14(19)20/h4-5,8H,6-7,9H2,1-3H3,(H,19,20). The number of benzene rings is 1. The van der Waals surface area contributed by atoms with Gasteiger partial charge in [0.1, 0.15) is 12.2 Å². The molecule has 0 amide bonds. The Labute approximate surface area is 133 Å². The zero-order valence-electron chi connectivity index (χ0n) is 13.0. The summed E-state index contributed by atoms with van der Waals surface area (Å²) in [6, 6.07) is 6.11. The van der Waals surface area contributed by atoms with Crippen molar-refractivity contribution in [1.82, 2.24) is 4.57 Å². The monoisotopic (exact) mass is 317 g/mol. The quantitative estimate of drug-likeness (QED) is 0.921. The lowest BCUT2D eigenvalue weighted by molar-refractivity contribution is -0.137. The molecule has 1 N–H and O–H groups in total. The number of carboxylic acids is 1. The fraction of sp³-hybridized carbons (Fsp3) is 0.412. The van der Waals surface area contributed by atoms with E-state index in [1.54, 1.807) is 4.57 Å². The normalized spacial score (nSPS) is 15.1. The molecule has 1 aliphatic heterocycles. The second kappa shape index (κ2) is 5.16. The molecule has 0 bridgehead atoms. The molecule has 0 saturated carbocycles. The van der Waals surface area contributed by atoms with Crippen LogP contribution in [-0.2, 0) is 23.2 Å². The molecule has 1 aliphatic rings. The summed E-state index contributed by atoms with van der Waals surface area (Å²) in [4.78, 5) is 23.5. The minimum atomic E-state index is -0.928. The Balaban J connectivity index is 2.31. The molecule has 0 unspecified atom stereocenters. The predicted molar refractivity (Wildman–Crippen MR) is 88.8 cm³/mol. The number of aliphatic carboxylic acids is 1. The summed E-state index contributed by atoms with van der Waals surface area (Å²) in [7, 11) is 0. The molecule has 0 saturated heterocycles. The number of fused-ring (bicyclic) bond motifs is 3. The fourth-order valence-electron chi connectivity index (χ4n) is 2.99. The van der Waals surface area contributed by atoms with Crippen molar-refractivity contribution in [3.8, 4) is 0 Å². The second-order valence-corrected chi connectivity index (χ2v) is 7.74. The number of thioether (sulfide) groups is 1. The van der Waals surface area contributed by atoms with Crippen molar-refractivity contribution in [2.45, 2.75) is 39.2 Å². The molecule has 1 aromatic carbocycles. The largest absolute Gasteiger partial charge is 0.480 e. The van der Waals surface area contributed by atoms with Gasteiger partial charge in [0.25, 0.3) is 0 Å². The van der Waals surface area contributed by atoms with Crippen molar-refractivity contribution < 1.29 is 14.7 Å². The molecule has 0 radical (unpaired) electrons. The summed E-state index contributed by atoms with van der Waals surface area (Å²) < 4.78 is 1.66. The molecule has 0 atom stereocenters. The van der Waals surface area contributed by atoms with Gasteiger partial charge in [-0.2, -0.15) is 0 Å². The summed E-state index contributed by atoms with van der Waals surface area (Å²) >= 11 is 1.27. The van der Waals surface area contributed by atoms with Gasteiger partial charge in [-0.15, -0.1) is 0 Å². The van der Waals surface area contributed by atoms with E-state index in [2.05, 4.69) is 26.8 Å². The Bertz CT molecular complexity index is 783. The van der Waals surface area contributed by atoms with Crippen LogP contribution in [0.4, 0.5) is 0 Å². The van der Waals surface area contributed by atoms with Crippen LogP contribution in [0.1, 0.15) is 42.4 Å². The van der Waals surface area contributed by atoms with Gasteiger partial charge in [-0.3, -0.25) is 9.59 Å². The molecule has 22 heavy (non-hydrogen) atoms. The Morgan fingerprint density at radius 2 is 2.09 bits per heavy atom. The number of aryl methyl sites for hydroxylation is 1. The van der Waals surface area contributed by atoms with Gasteiger partial charge in [0.15, 0.2) is 0 Å². The van der Waals surface area contributed by atoms with Crippen molar-refractivity contribution in [2.75, 3.05) is 5.75 Å². The molecule has 1 aromatic heterocycles. The third-order valence-electron chi connectivity index (χ3n) is 4.11. The summed E-state index contributed by atoms with van der Waals surface area (Å²) in [5.74, 6) is -0.166. The Morgan fingerprint density at radius 3 is 2.73 bits per heavy atom. The molecule has 0 aliphatic carbocycles. The van der Waals surface area contributed by atoms with Gasteiger partial charge in [-0.25, -0.2) is 0 Å². The first kappa shape index (κ1) is 15.2. The first-order valence-corrected chi connectivity index (χ1v) is 8.32. The van der Waals surface area contributed by atoms with Crippen LogP contribution in [-0.4, -0.2) is 26.5 Å². The van der Waals surface area contributed by atoms with E-state index in [1.165, 1.54) is 17.3 Å². The molecule has 3 rings (SSSR count). The van der Waals surface area contributed by atoms with Gasteiger partial charge >= 0.3 is 5.97 Å². The number of hydrogen-bond donors (Lipinski definition) is 1. The first-order chi connectivity index (χ1) is 10.3. The highest BCUT2D eigenvalue weighted by molar-refractivity contribution is 8.14. The third-order valence-corrected chi connectivity index (χ3v) is 4.97. The first-order valence-electron chi connectivity index (χ1n) is 7.33. The lowest BCUT2D eigenvalue weighted by Gasteiger charge is -2.19. The SMILES string of the molecule is CC(C)(C)c1ccc2c(c1)c1c(n2CC(=O)O)C(=O)SCC1. The van der Waals surface area contributed by atoms with Crippen LogP contribution in [0.2, 0.25) is 0 Å². The van der Waals surface area contributed by atoms with Gasteiger partial charge in [0.2, 0.25) is 5.12 Å². The smallest absolute Gasteiger partial charge is 0.323 e. The van der Waals surface area contributed by atoms with E-state index in [9.17, 15) is 14.7 Å². The number of aromatic nitrogens is 1. The van der Waals surface area contributed by atoms with E-state index in [0.29, 0.717) is 5.69 Å². The van der Waals surface area contributed by atoms with Gasteiger partial charge in [0, 0.05) is 16.7 Å². The van der Waals surface area contributed by atoms with Crippen LogP contribution < -0.4 is 0 Å². The van der Waals surface area contributed by atoms with Crippen LogP contribution in [0.3, 0.4) is 0 Å². The van der Waals surface area contributed by atoms with Gasteiger partial charge in [0.05, 0.1) is 0 Å². The fourth-order valence-corrected chi connectivity index (χ4v) is 3.85. The number of carbonyl (C=O) groups excluding carboxylic acids is 1. The number of hydrogen-bond acceptors (Lipinski definition) is 3. The van der Waals surface area contributed by atoms with Crippen LogP contribution in [0.25, 0.3) is 10.9 Å². The van der Waals surface area contributed by atoms with Crippen molar-refractivity contribution in [2.24, 2.45) is 0 Å². The topological polar surface area (TPSA) is 59.3 Å². The van der Waals surface area contributed by atoms with Gasteiger partial charge < -0.3 is 9.67 Å². The molecule has 0 spiro atoms. The van der Waals surface area contributed by atoms with Crippen LogP contribution in [0.5, 0.6) is 0 Å². The lowest BCUT2D eigenvalue weighted by atomic mass is 9.86. The highest BCUT2D eigenvalue weighted by atomic mass is 32.2. The molecule has 2 heterocycles. The molecule has 2 aromatic rings. The molecular weight excluding hydrogens is 298 g/mol. The molecule has 5 heteroatoms. The summed E-state index contributed by atoms with van der Waals surface area (Å²) in [5.41, 5.74) is 3.63. The minimum absolute atomic E-state index is 0.0173. The number of carboxylic acid groups (broad SMARTS) is 1. The number of nitrogens with zero attached hydrogens (tertiary/aromatic N) is 1. The van der Waals surface area contributed by atoms with E-state index in [0.717, 1.165) is 28.6 Å². The van der Waals surface area contributed by atoms with E-state index in [1.807, 2.05) is 12.1 Å². The van der Waals surface area contributed by atoms with E-state index < -0.39 is 5.97 Å². The highest BCUT2D eigenvalue weighted by Crippen LogP contribution is 2.36. The minimum Gasteiger partial charge on any atom is -0.480 e. The number of rotatable bonds is 2. The summed E-state index contributed by atoms with van der Waals surface area (Å²) in [5, 5.41) is 10.2. The Hall–Kier alpha value is -1.75. The van der Waals surface area contributed by atoms with Crippen LogP contribution >= 0.6 is 11.8 Å². The molecule has 4 nitrogen and oxygen atoms in total. The lowest BCUT2D eigenvalue weighted by Crippen LogP contribution is -2.17. The highest BCUT2D eigenvalue weighted by Gasteiger charge is 2.28. The maximum absolute atomic E-state index is 12.3. The van der Waals surface area contributed by atoms with Crippen molar-refractivity contribution >= 4 is 33.7 Å². The molecular formula is C17H19NO3S. The summed E-state index contributed by atoms with van der Waals surface area (Å²) in [6.07, 6.45) is 0.808. The third kappa shape index (κ3) is 2.43. The average Bonchev–Trinajstić information content (AvgIpc) is 2.73. The van der Waals surface area contributed by atoms with Gasteiger partial charge in [-0.05, 0) is 35.1 Å². The Kier molecular flexibility index (Phi) is 3.56. The van der Waals surface area contributed by atoms with Crippen molar-refractivity contribution in [3.63, 3.8) is 0 Å². The Morgan fingerprint density at radius 1 is 1.36 bits per heavy atom. The van der Waals surface area contributed by atoms with E-state index in [4.69, 9.17) is 0 Å². The van der Waals surface area contributed by atoms with E-state index >= 15 is 0 Å². The maximum atomic E-state index is 12.3. The zero-order chi connectivity index (χ0) is 16.1. The predicted octanol–water partition coefficient (Wildman–Crippen LogP) is 3.45. The second-order valence-electron chi connectivity index (χ2n) is 6.67.